The highest BCUT2D eigenvalue weighted by Crippen LogP contribution is 2.31. The predicted molar refractivity (Wildman–Crippen MR) is 94.2 cm³/mol. The summed E-state index contributed by atoms with van der Waals surface area (Å²) < 4.78 is 12.3. The third kappa shape index (κ3) is 4.09. The Balaban J connectivity index is 1.48. The van der Waals surface area contributed by atoms with E-state index in [9.17, 15) is 4.79 Å². The van der Waals surface area contributed by atoms with Crippen molar-refractivity contribution in [2.24, 2.45) is 0 Å². The quantitative estimate of drug-likeness (QED) is 0.783. The Kier molecular flexibility index (Phi) is 5.41. The molecule has 128 valence electrons. The van der Waals surface area contributed by atoms with Gasteiger partial charge in [0.05, 0.1) is 12.3 Å². The van der Waals surface area contributed by atoms with Gasteiger partial charge in [0.2, 0.25) is 11.0 Å². The first-order valence-corrected chi connectivity index (χ1v) is 9.22. The molecule has 0 saturated heterocycles. The Labute approximate surface area is 148 Å². The van der Waals surface area contributed by atoms with E-state index in [0.717, 1.165) is 21.0 Å². The maximum Gasteiger partial charge on any atom is 0.232 e. The molecule has 1 aliphatic heterocycles. The lowest BCUT2D eigenvalue weighted by Gasteiger charge is -2.29. The van der Waals surface area contributed by atoms with Crippen molar-refractivity contribution >= 4 is 34.1 Å². The average molecular weight is 366 g/mol. The molecule has 1 atom stereocenters. The number of carbonyl (C=O) groups excluding carboxylic acids is 1. The number of nitrogens with zero attached hydrogens (tertiary/aromatic N) is 3. The average Bonchev–Trinajstić information content (AvgIpc) is 3.07. The van der Waals surface area contributed by atoms with Crippen LogP contribution in [0.3, 0.4) is 0 Å². The lowest BCUT2D eigenvalue weighted by atomic mass is 10.2. The molecule has 2 heterocycles. The zero-order valence-corrected chi connectivity index (χ0v) is 15.0. The molecule has 0 bridgehead atoms. The number of fused-ring (bicyclic) bond motifs is 1. The molecule has 1 N–H and O–H groups in total. The summed E-state index contributed by atoms with van der Waals surface area (Å²) in [5, 5.41) is 11.6. The molecule has 1 unspecified atom stereocenters. The lowest BCUT2D eigenvalue weighted by molar-refractivity contribution is -0.128. The van der Waals surface area contributed by atoms with E-state index in [2.05, 4.69) is 15.5 Å². The second-order valence-electron chi connectivity index (χ2n) is 5.18. The van der Waals surface area contributed by atoms with E-state index in [1.165, 1.54) is 23.1 Å². The van der Waals surface area contributed by atoms with Gasteiger partial charge in [-0.05, 0) is 12.1 Å². The molecule has 1 amide bonds. The van der Waals surface area contributed by atoms with Gasteiger partial charge in [0.1, 0.15) is 6.61 Å². The number of hydrogen-bond acceptors (Lipinski definition) is 8. The first-order chi connectivity index (χ1) is 11.7. The molecule has 1 aromatic heterocycles. The van der Waals surface area contributed by atoms with Gasteiger partial charge in [0, 0.05) is 14.1 Å². The lowest BCUT2D eigenvalue weighted by Crippen LogP contribution is -2.42. The van der Waals surface area contributed by atoms with Crippen LogP contribution in [0.2, 0.25) is 0 Å². The second-order valence-corrected chi connectivity index (χ2v) is 7.38. The van der Waals surface area contributed by atoms with E-state index in [1.54, 1.807) is 19.0 Å². The van der Waals surface area contributed by atoms with Gasteiger partial charge < -0.3 is 19.7 Å². The molecule has 7 nitrogen and oxygen atoms in total. The van der Waals surface area contributed by atoms with Crippen LogP contribution < -0.4 is 14.8 Å². The van der Waals surface area contributed by atoms with Crippen LogP contribution in [0.15, 0.2) is 28.6 Å². The van der Waals surface area contributed by atoms with Crippen molar-refractivity contribution in [2.75, 3.05) is 38.3 Å². The number of para-hydroxylation sites is 2. The van der Waals surface area contributed by atoms with Crippen LogP contribution in [0, 0.1) is 0 Å². The van der Waals surface area contributed by atoms with Crippen LogP contribution in [0.25, 0.3) is 0 Å². The van der Waals surface area contributed by atoms with Gasteiger partial charge in [-0.3, -0.25) is 4.79 Å². The van der Waals surface area contributed by atoms with Crippen molar-refractivity contribution in [1.82, 2.24) is 15.1 Å². The Morgan fingerprint density at radius 3 is 2.96 bits per heavy atom. The maximum atomic E-state index is 12.3. The van der Waals surface area contributed by atoms with Gasteiger partial charge in [-0.1, -0.05) is 35.2 Å². The largest absolute Gasteiger partial charge is 0.486 e. The zero-order chi connectivity index (χ0) is 16.9. The predicted octanol–water partition coefficient (Wildman–Crippen LogP) is 1.97. The molecule has 24 heavy (non-hydrogen) atoms. The van der Waals surface area contributed by atoms with Gasteiger partial charge in [-0.2, -0.15) is 0 Å². The monoisotopic (exact) mass is 366 g/mol. The van der Waals surface area contributed by atoms with Crippen LogP contribution in [0.4, 0.5) is 5.13 Å². The van der Waals surface area contributed by atoms with Crippen LogP contribution >= 0.6 is 23.1 Å². The number of thioether (sulfide) groups is 1. The van der Waals surface area contributed by atoms with Gasteiger partial charge in [-0.15, -0.1) is 10.2 Å². The minimum Gasteiger partial charge on any atom is -0.486 e. The molecular weight excluding hydrogens is 348 g/mol. The van der Waals surface area contributed by atoms with E-state index in [-0.39, 0.29) is 12.0 Å². The third-order valence-corrected chi connectivity index (χ3v) is 5.47. The summed E-state index contributed by atoms with van der Waals surface area (Å²) in [5.41, 5.74) is 0. The number of rotatable bonds is 6. The number of aromatic nitrogens is 2. The minimum atomic E-state index is -0.170. The van der Waals surface area contributed by atoms with Crippen molar-refractivity contribution in [3.8, 4) is 11.5 Å². The van der Waals surface area contributed by atoms with E-state index in [1.807, 2.05) is 24.3 Å². The Morgan fingerprint density at radius 1 is 1.42 bits per heavy atom. The summed E-state index contributed by atoms with van der Waals surface area (Å²) in [7, 11) is 3.56. The molecular formula is C15H18N4O3S2. The molecule has 1 aliphatic rings. The van der Waals surface area contributed by atoms with Crippen LogP contribution in [0.1, 0.15) is 0 Å². The fraction of sp³-hybridized carbons (Fsp3) is 0.400. The van der Waals surface area contributed by atoms with E-state index < -0.39 is 0 Å². The third-order valence-electron chi connectivity index (χ3n) is 3.41. The number of amides is 1. The normalized spacial score (nSPS) is 15.8. The summed E-state index contributed by atoms with van der Waals surface area (Å²) in [6, 6.07) is 7.55. The summed E-state index contributed by atoms with van der Waals surface area (Å²) in [5.74, 6) is 1.80. The highest BCUT2D eigenvalue weighted by atomic mass is 32.2. The first kappa shape index (κ1) is 16.8. The molecule has 2 aromatic rings. The highest BCUT2D eigenvalue weighted by molar-refractivity contribution is 8.01. The van der Waals surface area contributed by atoms with E-state index in [4.69, 9.17) is 9.47 Å². The fourth-order valence-corrected chi connectivity index (χ4v) is 3.81. The number of ether oxygens (including phenoxy) is 2. The Hall–Kier alpha value is -2.00. The number of hydrogen-bond donors (Lipinski definition) is 1. The summed E-state index contributed by atoms with van der Waals surface area (Å²) in [4.78, 5) is 13.9. The van der Waals surface area contributed by atoms with Crippen molar-refractivity contribution in [3.63, 3.8) is 0 Å². The minimum absolute atomic E-state index is 0.0173. The smallest absolute Gasteiger partial charge is 0.232 e. The number of carbonyl (C=O) groups is 1. The van der Waals surface area contributed by atoms with E-state index in [0.29, 0.717) is 18.9 Å². The molecule has 0 aliphatic carbocycles. The first-order valence-electron chi connectivity index (χ1n) is 7.42. The molecule has 0 fully saturated rings. The Morgan fingerprint density at radius 2 is 2.21 bits per heavy atom. The van der Waals surface area contributed by atoms with Gasteiger partial charge >= 0.3 is 0 Å². The highest BCUT2D eigenvalue weighted by Gasteiger charge is 2.23. The van der Waals surface area contributed by atoms with Gasteiger partial charge in [0.15, 0.2) is 21.9 Å². The van der Waals surface area contributed by atoms with Gasteiger partial charge in [-0.25, -0.2) is 0 Å². The van der Waals surface area contributed by atoms with Crippen molar-refractivity contribution in [2.45, 2.75) is 10.4 Å². The summed E-state index contributed by atoms with van der Waals surface area (Å²) >= 11 is 2.81. The van der Waals surface area contributed by atoms with Crippen LogP contribution in [-0.2, 0) is 4.79 Å². The molecule has 9 heteroatoms. The van der Waals surface area contributed by atoms with Crippen molar-refractivity contribution in [1.29, 1.82) is 0 Å². The topological polar surface area (TPSA) is 76.6 Å². The molecule has 0 spiro atoms. The van der Waals surface area contributed by atoms with E-state index >= 15 is 0 Å². The van der Waals surface area contributed by atoms with Crippen molar-refractivity contribution in [3.05, 3.63) is 24.3 Å². The summed E-state index contributed by atoms with van der Waals surface area (Å²) in [6.45, 7) is 0.912. The summed E-state index contributed by atoms with van der Waals surface area (Å²) in [6.07, 6.45) is -0.170. The standard InChI is InChI=1S/C15H18N4O3S2/c1-16-14-17-18-15(24-14)23-9-13(20)19(2)7-10-8-21-11-5-3-4-6-12(11)22-10/h3-6,10H,7-9H2,1-2H3,(H,16,17). The van der Waals surface area contributed by atoms with Crippen LogP contribution in [-0.4, -0.2) is 60.1 Å². The number of benzene rings is 1. The Bertz CT molecular complexity index is 710. The number of likely N-dealkylation sites (N-methyl/N-ethyl adjacent to an activating group) is 1. The SMILES string of the molecule is CNc1nnc(SCC(=O)N(C)CC2COc3ccccc3O2)s1. The number of nitrogens with one attached hydrogen (secondary N) is 1. The van der Waals surface area contributed by atoms with Crippen LogP contribution in [0.5, 0.6) is 11.5 Å². The van der Waals surface area contributed by atoms with Crippen molar-refractivity contribution < 1.29 is 14.3 Å². The molecule has 3 rings (SSSR count). The van der Waals surface area contributed by atoms with Gasteiger partial charge in [0.25, 0.3) is 0 Å². The maximum absolute atomic E-state index is 12.3. The molecule has 0 radical (unpaired) electrons. The second kappa shape index (κ2) is 7.71. The molecule has 1 aromatic carbocycles. The number of anilines is 1. The molecule has 0 saturated carbocycles. The zero-order valence-electron chi connectivity index (χ0n) is 13.4. The fourth-order valence-electron chi connectivity index (χ4n) is 2.16.